The Bertz CT molecular complexity index is 736. The number of primary amides is 1. The van der Waals surface area contributed by atoms with E-state index >= 15 is 0 Å². The number of sulfonamides is 1. The van der Waals surface area contributed by atoms with Crippen LogP contribution < -0.4 is 15.8 Å². The van der Waals surface area contributed by atoms with E-state index in [1.165, 1.54) is 24.3 Å². The molecule has 2 rings (SSSR count). The molecule has 0 aromatic heterocycles. The molecule has 25 heavy (non-hydrogen) atoms. The van der Waals surface area contributed by atoms with Crippen LogP contribution >= 0.6 is 0 Å². The monoisotopic (exact) mass is 367 g/mol. The molecule has 1 saturated carbocycles. The van der Waals surface area contributed by atoms with E-state index in [0.717, 1.165) is 12.8 Å². The van der Waals surface area contributed by atoms with Crippen LogP contribution in [0, 0.1) is 5.92 Å². The molecule has 0 unspecified atom stereocenters. The molecule has 138 valence electrons. The van der Waals surface area contributed by atoms with Crippen LogP contribution in [0.3, 0.4) is 0 Å². The predicted octanol–water partition coefficient (Wildman–Crippen LogP) is 1.15. The normalized spacial score (nSPS) is 16.8. The number of carbonyl (C=O) groups excluding carboxylic acids is 2. The third-order valence-corrected chi connectivity index (χ3v) is 5.91. The molecule has 0 radical (unpaired) electrons. The molecule has 2 amide bonds. The SMILES string of the molecule is CC(C)CNC(=O)c1ccc(S(=O)(=O)NC2(C(N)=O)CCCC2)cc1. The summed E-state index contributed by atoms with van der Waals surface area (Å²) in [7, 11) is -3.90. The Hall–Kier alpha value is -1.93. The van der Waals surface area contributed by atoms with Crippen molar-refractivity contribution in [1.29, 1.82) is 0 Å². The first-order chi connectivity index (χ1) is 11.7. The molecule has 8 heteroatoms. The second-order valence-electron chi connectivity index (χ2n) is 6.89. The average molecular weight is 367 g/mol. The van der Waals surface area contributed by atoms with Crippen LogP contribution in [0.15, 0.2) is 29.2 Å². The summed E-state index contributed by atoms with van der Waals surface area (Å²) < 4.78 is 27.6. The van der Waals surface area contributed by atoms with Gasteiger partial charge in [0.25, 0.3) is 5.91 Å². The molecule has 0 spiro atoms. The highest BCUT2D eigenvalue weighted by Gasteiger charge is 2.43. The van der Waals surface area contributed by atoms with Gasteiger partial charge in [0.05, 0.1) is 4.90 Å². The van der Waals surface area contributed by atoms with Crippen molar-refractivity contribution in [3.63, 3.8) is 0 Å². The zero-order chi connectivity index (χ0) is 18.7. The van der Waals surface area contributed by atoms with Gasteiger partial charge in [-0.05, 0) is 43.0 Å². The van der Waals surface area contributed by atoms with Crippen molar-refractivity contribution in [2.45, 2.75) is 50.0 Å². The quantitative estimate of drug-likeness (QED) is 0.670. The maximum absolute atomic E-state index is 12.6. The average Bonchev–Trinajstić information content (AvgIpc) is 3.02. The molecule has 0 heterocycles. The van der Waals surface area contributed by atoms with Crippen molar-refractivity contribution in [2.75, 3.05) is 6.54 Å². The lowest BCUT2D eigenvalue weighted by atomic mass is 9.99. The number of carbonyl (C=O) groups is 2. The Balaban J connectivity index is 2.15. The lowest BCUT2D eigenvalue weighted by Crippen LogP contribution is -2.55. The van der Waals surface area contributed by atoms with Gasteiger partial charge in [0.1, 0.15) is 5.54 Å². The predicted molar refractivity (Wildman–Crippen MR) is 94.3 cm³/mol. The summed E-state index contributed by atoms with van der Waals surface area (Å²) in [6, 6.07) is 5.62. The van der Waals surface area contributed by atoms with Crippen LogP contribution in [0.25, 0.3) is 0 Å². The van der Waals surface area contributed by atoms with Crippen molar-refractivity contribution in [2.24, 2.45) is 11.7 Å². The summed E-state index contributed by atoms with van der Waals surface area (Å²) >= 11 is 0. The molecular formula is C17H25N3O4S. The van der Waals surface area contributed by atoms with E-state index < -0.39 is 21.5 Å². The van der Waals surface area contributed by atoms with Gasteiger partial charge in [-0.1, -0.05) is 26.7 Å². The van der Waals surface area contributed by atoms with Gasteiger partial charge in [-0.15, -0.1) is 0 Å². The highest BCUT2D eigenvalue weighted by Crippen LogP contribution is 2.31. The molecule has 1 aliphatic rings. The lowest BCUT2D eigenvalue weighted by Gasteiger charge is -2.26. The number of nitrogens with two attached hydrogens (primary N) is 1. The van der Waals surface area contributed by atoms with Gasteiger partial charge < -0.3 is 11.1 Å². The second kappa shape index (κ2) is 7.53. The Labute approximate surface area is 148 Å². The van der Waals surface area contributed by atoms with E-state index in [2.05, 4.69) is 10.0 Å². The fourth-order valence-corrected chi connectivity index (χ4v) is 4.31. The summed E-state index contributed by atoms with van der Waals surface area (Å²) in [6.45, 7) is 4.51. The van der Waals surface area contributed by atoms with Gasteiger partial charge >= 0.3 is 0 Å². The third kappa shape index (κ3) is 4.58. The zero-order valence-electron chi connectivity index (χ0n) is 14.5. The summed E-state index contributed by atoms with van der Waals surface area (Å²) in [5, 5.41) is 2.77. The van der Waals surface area contributed by atoms with Crippen molar-refractivity contribution in [3.05, 3.63) is 29.8 Å². The van der Waals surface area contributed by atoms with Crippen LogP contribution in [0.1, 0.15) is 49.9 Å². The number of amides is 2. The molecule has 0 atom stereocenters. The number of nitrogens with one attached hydrogen (secondary N) is 2. The molecule has 1 aromatic carbocycles. The van der Waals surface area contributed by atoms with E-state index in [9.17, 15) is 18.0 Å². The molecule has 0 aliphatic heterocycles. The Morgan fingerprint density at radius 2 is 1.72 bits per heavy atom. The smallest absolute Gasteiger partial charge is 0.251 e. The summed E-state index contributed by atoms with van der Waals surface area (Å²) in [5.41, 5.74) is 4.58. The molecule has 1 fully saturated rings. The Morgan fingerprint density at radius 3 is 2.20 bits per heavy atom. The first kappa shape index (κ1) is 19.4. The van der Waals surface area contributed by atoms with E-state index in [4.69, 9.17) is 5.73 Å². The van der Waals surface area contributed by atoms with Crippen molar-refractivity contribution >= 4 is 21.8 Å². The maximum atomic E-state index is 12.6. The summed E-state index contributed by atoms with van der Waals surface area (Å²) in [4.78, 5) is 23.7. The molecule has 0 bridgehead atoms. The zero-order valence-corrected chi connectivity index (χ0v) is 15.4. The Morgan fingerprint density at radius 1 is 1.16 bits per heavy atom. The van der Waals surface area contributed by atoms with Gasteiger partial charge in [-0.25, -0.2) is 8.42 Å². The standard InChI is InChI=1S/C17H25N3O4S/c1-12(2)11-19-15(21)13-5-7-14(8-6-13)25(23,24)20-17(16(18)22)9-3-4-10-17/h5-8,12,20H,3-4,9-11H2,1-2H3,(H2,18,22)(H,19,21). The van der Waals surface area contributed by atoms with E-state index in [-0.39, 0.29) is 10.8 Å². The number of hydrogen-bond acceptors (Lipinski definition) is 4. The van der Waals surface area contributed by atoms with Crippen molar-refractivity contribution in [3.8, 4) is 0 Å². The molecule has 0 saturated heterocycles. The minimum Gasteiger partial charge on any atom is -0.368 e. The minimum atomic E-state index is -3.90. The van der Waals surface area contributed by atoms with E-state index in [1.807, 2.05) is 13.8 Å². The van der Waals surface area contributed by atoms with Crippen LogP contribution in [-0.2, 0) is 14.8 Å². The summed E-state index contributed by atoms with van der Waals surface area (Å²) in [5.74, 6) is -0.586. The van der Waals surface area contributed by atoms with Crippen molar-refractivity contribution in [1.82, 2.24) is 10.0 Å². The first-order valence-electron chi connectivity index (χ1n) is 8.38. The van der Waals surface area contributed by atoms with Gasteiger partial charge in [0.15, 0.2) is 0 Å². The molecule has 4 N–H and O–H groups in total. The Kier molecular flexibility index (Phi) is 5.84. The third-order valence-electron chi connectivity index (χ3n) is 4.36. The van der Waals surface area contributed by atoms with Gasteiger partial charge in [0, 0.05) is 12.1 Å². The number of rotatable bonds is 7. The number of benzene rings is 1. The second-order valence-corrected chi connectivity index (χ2v) is 8.57. The molecular weight excluding hydrogens is 342 g/mol. The largest absolute Gasteiger partial charge is 0.368 e. The van der Waals surface area contributed by atoms with Crippen LogP contribution in [0.2, 0.25) is 0 Å². The summed E-state index contributed by atoms with van der Waals surface area (Å²) in [6.07, 6.45) is 2.30. The minimum absolute atomic E-state index is 0.000402. The van der Waals surface area contributed by atoms with Crippen LogP contribution in [-0.4, -0.2) is 32.3 Å². The van der Waals surface area contributed by atoms with Crippen molar-refractivity contribution < 1.29 is 18.0 Å². The molecule has 1 aliphatic carbocycles. The fraction of sp³-hybridized carbons (Fsp3) is 0.529. The van der Waals surface area contributed by atoms with Crippen LogP contribution in [0.5, 0.6) is 0 Å². The first-order valence-corrected chi connectivity index (χ1v) is 9.87. The highest BCUT2D eigenvalue weighted by molar-refractivity contribution is 7.89. The number of hydrogen-bond donors (Lipinski definition) is 3. The van der Waals surface area contributed by atoms with Gasteiger partial charge in [-0.3, -0.25) is 9.59 Å². The molecule has 7 nitrogen and oxygen atoms in total. The maximum Gasteiger partial charge on any atom is 0.251 e. The molecule has 1 aromatic rings. The topological polar surface area (TPSA) is 118 Å². The van der Waals surface area contributed by atoms with Crippen LogP contribution in [0.4, 0.5) is 0 Å². The fourth-order valence-electron chi connectivity index (χ4n) is 2.88. The van der Waals surface area contributed by atoms with Gasteiger partial charge in [-0.2, -0.15) is 4.72 Å². The van der Waals surface area contributed by atoms with E-state index in [1.54, 1.807) is 0 Å². The van der Waals surface area contributed by atoms with E-state index in [0.29, 0.717) is 30.9 Å². The lowest BCUT2D eigenvalue weighted by molar-refractivity contribution is -0.123. The van der Waals surface area contributed by atoms with Gasteiger partial charge in [0.2, 0.25) is 15.9 Å². The highest BCUT2D eigenvalue weighted by atomic mass is 32.2.